The van der Waals surface area contributed by atoms with Crippen molar-refractivity contribution in [1.29, 1.82) is 0 Å². The molecule has 0 aliphatic heterocycles. The first-order valence-electron chi connectivity index (χ1n) is 12.8. The molecule has 0 radical (unpaired) electrons. The highest BCUT2D eigenvalue weighted by Gasteiger charge is 2.43. The zero-order chi connectivity index (χ0) is 30.5. The Bertz CT molecular complexity index is 1720. The predicted octanol–water partition coefficient (Wildman–Crippen LogP) is 7.47. The van der Waals surface area contributed by atoms with E-state index in [1.54, 1.807) is 60.7 Å². The molecule has 0 spiro atoms. The Balaban J connectivity index is 1.41. The lowest BCUT2D eigenvalue weighted by Crippen LogP contribution is -2.40. The van der Waals surface area contributed by atoms with Gasteiger partial charge in [-0.05, 0) is 93.6 Å². The zero-order valence-electron chi connectivity index (χ0n) is 23.2. The molecule has 0 bridgehead atoms. The standard InChI is InChI=1S/C33H28O7S2/c1-5-39-32(36)40-26-14-8-23(9-15-26)30(34)24-10-16-27(17-11-24)41-28-18-12-25(13-19-28)31(35)33(3,4)42(37,38)29-20-6-22(2)7-21-29/h5-21H,1H2,2-4H3. The van der Waals surface area contributed by atoms with Gasteiger partial charge in [0.25, 0.3) is 0 Å². The summed E-state index contributed by atoms with van der Waals surface area (Å²) < 4.78 is 34.3. The number of carbonyl (C=O) groups excluding carboxylic acids is 3. The van der Waals surface area contributed by atoms with E-state index < -0.39 is 26.5 Å². The Morgan fingerprint density at radius 1 is 0.738 bits per heavy atom. The van der Waals surface area contributed by atoms with Crippen molar-refractivity contribution < 1.29 is 32.3 Å². The normalized spacial score (nSPS) is 11.4. The van der Waals surface area contributed by atoms with Crippen molar-refractivity contribution >= 4 is 39.3 Å². The Morgan fingerprint density at radius 2 is 1.21 bits per heavy atom. The number of sulfone groups is 1. The minimum absolute atomic E-state index is 0.109. The van der Waals surface area contributed by atoms with E-state index in [4.69, 9.17) is 4.74 Å². The predicted molar refractivity (Wildman–Crippen MR) is 161 cm³/mol. The Kier molecular flexibility index (Phi) is 9.14. The molecule has 0 atom stereocenters. The van der Waals surface area contributed by atoms with E-state index in [0.717, 1.165) is 21.6 Å². The van der Waals surface area contributed by atoms with Crippen LogP contribution in [0.3, 0.4) is 0 Å². The number of Topliss-reactive ketones (excluding diaryl/α,β-unsaturated/α-hetero) is 1. The van der Waals surface area contributed by atoms with Gasteiger partial charge in [-0.15, -0.1) is 0 Å². The van der Waals surface area contributed by atoms with Crippen LogP contribution in [-0.4, -0.2) is 30.9 Å². The van der Waals surface area contributed by atoms with Crippen LogP contribution in [0.2, 0.25) is 0 Å². The average Bonchev–Trinajstić information content (AvgIpc) is 2.98. The van der Waals surface area contributed by atoms with Crippen LogP contribution in [-0.2, 0) is 14.6 Å². The summed E-state index contributed by atoms with van der Waals surface area (Å²) in [5.41, 5.74) is 2.14. The maximum atomic E-state index is 13.3. The van der Waals surface area contributed by atoms with E-state index in [0.29, 0.717) is 16.7 Å². The highest BCUT2D eigenvalue weighted by Crippen LogP contribution is 2.32. The molecule has 0 amide bonds. The Labute approximate surface area is 249 Å². The van der Waals surface area contributed by atoms with Crippen LogP contribution in [0, 0.1) is 6.92 Å². The number of ether oxygens (including phenoxy) is 2. The van der Waals surface area contributed by atoms with Crippen LogP contribution < -0.4 is 4.74 Å². The second-order valence-corrected chi connectivity index (χ2v) is 13.4. The first-order chi connectivity index (χ1) is 19.9. The van der Waals surface area contributed by atoms with Gasteiger partial charge in [0.1, 0.15) is 10.5 Å². The average molecular weight is 601 g/mol. The van der Waals surface area contributed by atoms with Crippen molar-refractivity contribution in [1.82, 2.24) is 0 Å². The van der Waals surface area contributed by atoms with E-state index in [9.17, 15) is 22.8 Å². The highest BCUT2D eigenvalue weighted by molar-refractivity contribution is 7.99. The number of benzene rings is 4. The monoisotopic (exact) mass is 600 g/mol. The third kappa shape index (κ3) is 6.70. The summed E-state index contributed by atoms with van der Waals surface area (Å²) in [6.45, 7) is 8.00. The summed E-state index contributed by atoms with van der Waals surface area (Å²) in [6, 6.07) is 26.4. The van der Waals surface area contributed by atoms with Crippen molar-refractivity contribution in [2.45, 2.75) is 40.2 Å². The van der Waals surface area contributed by atoms with Gasteiger partial charge in [0.2, 0.25) is 0 Å². The molecule has 0 aliphatic rings. The maximum Gasteiger partial charge on any atom is 0.518 e. The third-order valence-electron chi connectivity index (χ3n) is 6.52. The molecule has 0 unspecified atom stereocenters. The molecule has 0 saturated carbocycles. The van der Waals surface area contributed by atoms with Gasteiger partial charge < -0.3 is 9.47 Å². The molecule has 0 heterocycles. The summed E-state index contributed by atoms with van der Waals surface area (Å²) in [6.07, 6.45) is 0.0376. The minimum Gasteiger partial charge on any atom is -0.403 e. The molecule has 7 nitrogen and oxygen atoms in total. The van der Waals surface area contributed by atoms with Gasteiger partial charge in [-0.1, -0.05) is 48.2 Å². The fourth-order valence-electron chi connectivity index (χ4n) is 4.00. The van der Waals surface area contributed by atoms with Crippen LogP contribution in [0.4, 0.5) is 4.79 Å². The highest BCUT2D eigenvalue weighted by atomic mass is 32.2. The van der Waals surface area contributed by atoms with Crippen molar-refractivity contribution in [3.63, 3.8) is 0 Å². The van der Waals surface area contributed by atoms with E-state index in [-0.39, 0.29) is 16.4 Å². The van der Waals surface area contributed by atoms with Gasteiger partial charge in [0, 0.05) is 26.5 Å². The van der Waals surface area contributed by atoms with Crippen LogP contribution >= 0.6 is 11.8 Å². The lowest BCUT2D eigenvalue weighted by molar-refractivity contribution is 0.0952. The fourth-order valence-corrected chi connectivity index (χ4v) is 6.26. The van der Waals surface area contributed by atoms with E-state index >= 15 is 0 Å². The molecule has 9 heteroatoms. The molecular weight excluding hydrogens is 572 g/mol. The summed E-state index contributed by atoms with van der Waals surface area (Å²) >= 11 is 1.44. The molecule has 4 aromatic carbocycles. The van der Waals surface area contributed by atoms with Gasteiger partial charge in [0.15, 0.2) is 21.4 Å². The van der Waals surface area contributed by atoms with Gasteiger partial charge in [0.05, 0.1) is 11.2 Å². The summed E-state index contributed by atoms with van der Waals surface area (Å²) in [4.78, 5) is 39.4. The summed E-state index contributed by atoms with van der Waals surface area (Å²) in [7, 11) is -3.91. The lowest BCUT2D eigenvalue weighted by Gasteiger charge is -2.23. The van der Waals surface area contributed by atoms with Crippen molar-refractivity contribution in [3.8, 4) is 5.75 Å². The molecule has 0 saturated heterocycles. The summed E-state index contributed by atoms with van der Waals surface area (Å²) in [5, 5.41) is 0. The Hall–Kier alpha value is -4.47. The molecule has 0 N–H and O–H groups in total. The lowest BCUT2D eigenvalue weighted by atomic mass is 10.0. The number of hydrogen-bond donors (Lipinski definition) is 0. The number of aryl methyl sites for hydroxylation is 1. The molecule has 214 valence electrons. The number of carbonyl (C=O) groups is 3. The SMILES string of the molecule is C=COC(=O)Oc1ccc(C(=O)c2ccc(Sc3ccc(C(=O)C(C)(C)S(=O)(=O)c4ccc(C)cc4)cc3)cc2)cc1. The molecular formula is C33H28O7S2. The number of ketones is 2. The second-order valence-electron chi connectivity index (χ2n) is 9.80. The van der Waals surface area contributed by atoms with Crippen LogP contribution in [0.1, 0.15) is 45.7 Å². The van der Waals surface area contributed by atoms with E-state index in [1.807, 2.05) is 19.1 Å². The first-order valence-corrected chi connectivity index (χ1v) is 15.1. The largest absolute Gasteiger partial charge is 0.518 e. The quantitative estimate of drug-likeness (QED) is 0.0799. The molecule has 0 aliphatic carbocycles. The Morgan fingerprint density at radius 3 is 1.71 bits per heavy atom. The van der Waals surface area contributed by atoms with Crippen LogP contribution in [0.5, 0.6) is 5.75 Å². The first kappa shape index (κ1) is 30.5. The van der Waals surface area contributed by atoms with Crippen molar-refractivity contribution in [3.05, 3.63) is 132 Å². The molecule has 4 rings (SSSR count). The molecule has 4 aromatic rings. The van der Waals surface area contributed by atoms with Gasteiger partial charge in [-0.25, -0.2) is 13.2 Å². The third-order valence-corrected chi connectivity index (χ3v) is 9.95. The van der Waals surface area contributed by atoms with E-state index in [2.05, 4.69) is 11.3 Å². The second kappa shape index (κ2) is 12.6. The number of rotatable bonds is 10. The van der Waals surface area contributed by atoms with Crippen LogP contribution in [0.25, 0.3) is 0 Å². The van der Waals surface area contributed by atoms with Gasteiger partial charge >= 0.3 is 6.16 Å². The minimum atomic E-state index is -3.91. The summed E-state index contributed by atoms with van der Waals surface area (Å²) in [5.74, 6) is -0.453. The van der Waals surface area contributed by atoms with Crippen molar-refractivity contribution in [2.24, 2.45) is 0 Å². The zero-order valence-corrected chi connectivity index (χ0v) is 24.8. The maximum absolute atomic E-state index is 13.3. The molecule has 0 aromatic heterocycles. The van der Waals surface area contributed by atoms with Crippen LogP contribution in [0.15, 0.2) is 125 Å². The van der Waals surface area contributed by atoms with E-state index in [1.165, 1.54) is 49.9 Å². The smallest absolute Gasteiger partial charge is 0.403 e. The van der Waals surface area contributed by atoms with Gasteiger partial charge in [-0.3, -0.25) is 9.59 Å². The number of hydrogen-bond acceptors (Lipinski definition) is 8. The molecule has 0 fully saturated rings. The van der Waals surface area contributed by atoms with Crippen molar-refractivity contribution in [2.75, 3.05) is 0 Å². The molecule has 42 heavy (non-hydrogen) atoms. The topological polar surface area (TPSA) is 104 Å². The fraction of sp³-hybridized carbons (Fsp3) is 0.121. The van der Waals surface area contributed by atoms with Gasteiger partial charge in [-0.2, -0.15) is 0 Å².